The number of halogens is 1. The van der Waals surface area contributed by atoms with Crippen LogP contribution in [0, 0.1) is 6.92 Å². The number of rotatable bonds is 3. The van der Waals surface area contributed by atoms with Crippen molar-refractivity contribution in [1.82, 2.24) is 14.8 Å². The number of nitrogen functional groups attached to an aromatic ring is 1. The molecule has 0 unspecified atom stereocenters. The average molecular weight is 384 g/mol. The predicted molar refractivity (Wildman–Crippen MR) is 109 cm³/mol. The van der Waals surface area contributed by atoms with E-state index in [1.807, 2.05) is 16.8 Å². The summed E-state index contributed by atoms with van der Waals surface area (Å²) in [4.78, 5) is 16.8. The number of nitrogens with two attached hydrogens (primary N) is 1. The SMILES string of the molecule is Cc1ccc(-n2nc(C(=O)Nc3ccc(N)nc3)c3c2CCCC3)cc1.Cl. The van der Waals surface area contributed by atoms with Gasteiger partial charge in [-0.25, -0.2) is 9.67 Å². The van der Waals surface area contributed by atoms with Crippen LogP contribution in [0.4, 0.5) is 11.5 Å². The van der Waals surface area contributed by atoms with Crippen LogP contribution in [-0.4, -0.2) is 20.7 Å². The Hall–Kier alpha value is -2.86. The van der Waals surface area contributed by atoms with Crippen molar-refractivity contribution >= 4 is 29.8 Å². The minimum absolute atomic E-state index is 0. The molecule has 1 aromatic carbocycles. The van der Waals surface area contributed by atoms with E-state index >= 15 is 0 Å². The summed E-state index contributed by atoms with van der Waals surface area (Å²) in [5, 5.41) is 7.54. The summed E-state index contributed by atoms with van der Waals surface area (Å²) in [6.07, 6.45) is 5.57. The standard InChI is InChI=1S/C20H21N5O.ClH/c1-13-6-9-15(10-7-13)25-17-5-3-2-4-16(17)19(24-25)20(26)23-14-8-11-18(21)22-12-14;/h6-12H,2-5H2,1H3,(H2,21,22)(H,23,26);1H. The minimum Gasteiger partial charge on any atom is -0.384 e. The predicted octanol–water partition coefficient (Wildman–Crippen LogP) is 3.71. The van der Waals surface area contributed by atoms with Crippen molar-refractivity contribution in [3.05, 3.63) is 65.1 Å². The number of aromatic nitrogens is 3. The lowest BCUT2D eigenvalue weighted by Crippen LogP contribution is -2.15. The van der Waals surface area contributed by atoms with E-state index in [9.17, 15) is 4.79 Å². The number of nitrogens with one attached hydrogen (secondary N) is 1. The van der Waals surface area contributed by atoms with Gasteiger partial charge in [0, 0.05) is 11.3 Å². The van der Waals surface area contributed by atoms with Crippen molar-refractivity contribution in [1.29, 1.82) is 0 Å². The maximum Gasteiger partial charge on any atom is 0.276 e. The lowest BCUT2D eigenvalue weighted by Gasteiger charge is -2.14. The summed E-state index contributed by atoms with van der Waals surface area (Å²) < 4.78 is 1.92. The van der Waals surface area contributed by atoms with Gasteiger partial charge in [-0.15, -0.1) is 12.4 Å². The molecule has 0 saturated heterocycles. The molecule has 1 aliphatic carbocycles. The maximum absolute atomic E-state index is 12.8. The maximum atomic E-state index is 12.8. The zero-order valence-corrected chi connectivity index (χ0v) is 15.9. The number of pyridine rings is 1. The van der Waals surface area contributed by atoms with Crippen LogP contribution in [0.3, 0.4) is 0 Å². The Morgan fingerprint density at radius 3 is 2.56 bits per heavy atom. The molecule has 0 atom stereocenters. The van der Waals surface area contributed by atoms with Crippen LogP contribution >= 0.6 is 12.4 Å². The van der Waals surface area contributed by atoms with E-state index < -0.39 is 0 Å². The Morgan fingerprint density at radius 2 is 1.85 bits per heavy atom. The number of benzene rings is 1. The lowest BCUT2D eigenvalue weighted by molar-refractivity contribution is 0.102. The third kappa shape index (κ3) is 3.80. The molecule has 0 radical (unpaired) electrons. The van der Waals surface area contributed by atoms with E-state index in [4.69, 9.17) is 5.73 Å². The first-order valence-corrected chi connectivity index (χ1v) is 8.82. The molecule has 4 rings (SSSR count). The molecule has 0 bridgehead atoms. The molecule has 0 saturated carbocycles. The zero-order valence-electron chi connectivity index (χ0n) is 15.1. The Labute approximate surface area is 164 Å². The van der Waals surface area contributed by atoms with E-state index in [1.165, 1.54) is 5.56 Å². The van der Waals surface area contributed by atoms with Gasteiger partial charge in [-0.2, -0.15) is 5.10 Å². The molecule has 27 heavy (non-hydrogen) atoms. The molecular formula is C20H22ClN5O. The Balaban J connectivity index is 0.00000210. The second-order valence-electron chi connectivity index (χ2n) is 6.65. The smallest absolute Gasteiger partial charge is 0.276 e. The molecule has 0 fully saturated rings. The summed E-state index contributed by atoms with van der Waals surface area (Å²) in [5.41, 5.74) is 11.1. The molecule has 3 aromatic rings. The van der Waals surface area contributed by atoms with Gasteiger partial charge >= 0.3 is 0 Å². The summed E-state index contributed by atoms with van der Waals surface area (Å²) in [6, 6.07) is 11.6. The van der Waals surface area contributed by atoms with Crippen LogP contribution < -0.4 is 11.1 Å². The quantitative estimate of drug-likeness (QED) is 0.721. The highest BCUT2D eigenvalue weighted by Crippen LogP contribution is 2.27. The van der Waals surface area contributed by atoms with Crippen molar-refractivity contribution in [2.45, 2.75) is 32.6 Å². The van der Waals surface area contributed by atoms with Crippen LogP contribution in [-0.2, 0) is 12.8 Å². The average Bonchev–Trinajstić information content (AvgIpc) is 3.04. The Kier molecular flexibility index (Phi) is 5.46. The first-order chi connectivity index (χ1) is 12.6. The molecule has 2 aromatic heterocycles. The summed E-state index contributed by atoms with van der Waals surface area (Å²) in [6.45, 7) is 2.06. The van der Waals surface area contributed by atoms with Crippen molar-refractivity contribution < 1.29 is 4.79 Å². The number of hydrogen-bond acceptors (Lipinski definition) is 4. The van der Waals surface area contributed by atoms with Gasteiger partial charge in [-0.05, 0) is 56.9 Å². The number of carbonyl (C=O) groups is 1. The number of anilines is 2. The second-order valence-corrected chi connectivity index (χ2v) is 6.65. The molecule has 1 aliphatic rings. The number of aryl methyl sites for hydroxylation is 1. The van der Waals surface area contributed by atoms with E-state index in [-0.39, 0.29) is 18.3 Å². The second kappa shape index (κ2) is 7.80. The number of nitrogens with zero attached hydrogens (tertiary/aromatic N) is 3. The van der Waals surface area contributed by atoms with E-state index in [1.54, 1.807) is 18.3 Å². The fourth-order valence-corrected chi connectivity index (χ4v) is 3.35. The third-order valence-electron chi connectivity index (χ3n) is 4.72. The summed E-state index contributed by atoms with van der Waals surface area (Å²) in [5.74, 6) is 0.213. The summed E-state index contributed by atoms with van der Waals surface area (Å²) >= 11 is 0. The molecule has 7 heteroatoms. The van der Waals surface area contributed by atoms with Gasteiger partial charge in [0.05, 0.1) is 17.6 Å². The number of carbonyl (C=O) groups excluding carboxylic acids is 1. The fourth-order valence-electron chi connectivity index (χ4n) is 3.35. The zero-order chi connectivity index (χ0) is 18.1. The molecule has 3 N–H and O–H groups in total. The molecule has 0 spiro atoms. The van der Waals surface area contributed by atoms with Gasteiger partial charge in [0.1, 0.15) is 5.82 Å². The van der Waals surface area contributed by atoms with E-state index in [2.05, 4.69) is 34.5 Å². The number of hydrogen-bond donors (Lipinski definition) is 2. The number of fused-ring (bicyclic) bond motifs is 1. The molecule has 6 nitrogen and oxygen atoms in total. The highest BCUT2D eigenvalue weighted by molar-refractivity contribution is 6.04. The van der Waals surface area contributed by atoms with Gasteiger partial charge in [0.2, 0.25) is 0 Å². The van der Waals surface area contributed by atoms with Crippen LogP contribution in [0.5, 0.6) is 0 Å². The molecule has 0 aliphatic heterocycles. The van der Waals surface area contributed by atoms with Crippen molar-refractivity contribution in [2.75, 3.05) is 11.1 Å². The highest BCUT2D eigenvalue weighted by atomic mass is 35.5. The van der Waals surface area contributed by atoms with Gasteiger partial charge in [0.15, 0.2) is 5.69 Å². The molecular weight excluding hydrogens is 362 g/mol. The van der Waals surface area contributed by atoms with Crippen LogP contribution in [0.2, 0.25) is 0 Å². The molecule has 1 amide bonds. The van der Waals surface area contributed by atoms with Crippen LogP contribution in [0.1, 0.15) is 40.2 Å². The topological polar surface area (TPSA) is 85.8 Å². The van der Waals surface area contributed by atoms with Crippen molar-refractivity contribution in [3.63, 3.8) is 0 Å². The van der Waals surface area contributed by atoms with Crippen molar-refractivity contribution in [3.8, 4) is 5.69 Å². The van der Waals surface area contributed by atoms with Crippen molar-refractivity contribution in [2.24, 2.45) is 0 Å². The third-order valence-corrected chi connectivity index (χ3v) is 4.72. The fraction of sp³-hybridized carbons (Fsp3) is 0.250. The van der Waals surface area contributed by atoms with Gasteiger partial charge < -0.3 is 11.1 Å². The van der Waals surface area contributed by atoms with E-state index in [0.29, 0.717) is 17.2 Å². The minimum atomic E-state index is -0.208. The van der Waals surface area contributed by atoms with Gasteiger partial charge in [-0.1, -0.05) is 17.7 Å². The van der Waals surface area contributed by atoms with E-state index in [0.717, 1.165) is 42.6 Å². The summed E-state index contributed by atoms with van der Waals surface area (Å²) in [7, 11) is 0. The van der Waals surface area contributed by atoms with Crippen LogP contribution in [0.25, 0.3) is 5.69 Å². The normalized spacial score (nSPS) is 12.8. The first-order valence-electron chi connectivity index (χ1n) is 8.82. The highest BCUT2D eigenvalue weighted by Gasteiger charge is 2.25. The first kappa shape index (κ1) is 18.9. The molecule has 140 valence electrons. The van der Waals surface area contributed by atoms with Gasteiger partial charge in [0.25, 0.3) is 5.91 Å². The largest absolute Gasteiger partial charge is 0.384 e. The number of amides is 1. The molecule has 2 heterocycles. The van der Waals surface area contributed by atoms with Gasteiger partial charge in [-0.3, -0.25) is 4.79 Å². The Morgan fingerprint density at radius 1 is 1.11 bits per heavy atom. The van der Waals surface area contributed by atoms with Crippen LogP contribution in [0.15, 0.2) is 42.6 Å². The monoisotopic (exact) mass is 383 g/mol. The lowest BCUT2D eigenvalue weighted by atomic mass is 9.95. The Bertz CT molecular complexity index is 948.